The molecule has 0 spiro atoms. The van der Waals surface area contributed by atoms with Crippen LogP contribution in [-0.4, -0.2) is 36.5 Å². The van der Waals surface area contributed by atoms with E-state index in [1.165, 1.54) is 18.2 Å². The number of rotatable bonds is 8. The molecule has 178 valence electrons. The fourth-order valence-electron chi connectivity index (χ4n) is 3.08. The lowest BCUT2D eigenvalue weighted by molar-refractivity contribution is -0.384. The Morgan fingerprint density at radius 1 is 0.943 bits per heavy atom. The summed E-state index contributed by atoms with van der Waals surface area (Å²) in [6.07, 6.45) is 1.55. The Hall–Kier alpha value is -4.79. The van der Waals surface area contributed by atoms with E-state index in [9.17, 15) is 19.7 Å². The maximum atomic E-state index is 13.0. The summed E-state index contributed by atoms with van der Waals surface area (Å²) in [6.45, 7) is 1.62. The second kappa shape index (κ2) is 11.4. The van der Waals surface area contributed by atoms with Crippen LogP contribution in [0, 0.1) is 10.1 Å². The van der Waals surface area contributed by atoms with E-state index in [0.29, 0.717) is 22.4 Å². The fourth-order valence-corrected chi connectivity index (χ4v) is 3.08. The van der Waals surface area contributed by atoms with E-state index in [-0.39, 0.29) is 11.4 Å². The van der Waals surface area contributed by atoms with Crippen LogP contribution in [0.25, 0.3) is 6.08 Å². The summed E-state index contributed by atoms with van der Waals surface area (Å²) < 4.78 is 0. The molecule has 9 heteroatoms. The molecular formula is C26H25N5O4. The van der Waals surface area contributed by atoms with Gasteiger partial charge in [0.25, 0.3) is 17.5 Å². The molecule has 0 saturated heterocycles. The summed E-state index contributed by atoms with van der Waals surface area (Å²) >= 11 is 0. The topological polar surface area (TPSA) is 117 Å². The molecule has 0 aliphatic rings. The highest BCUT2D eigenvalue weighted by Gasteiger charge is 2.15. The minimum atomic E-state index is -0.643. The molecule has 0 atom stereocenters. The molecule has 3 rings (SSSR count). The monoisotopic (exact) mass is 471 g/mol. The Bertz CT molecular complexity index is 1280. The number of hydrogen-bond donors (Lipinski definition) is 2. The molecule has 0 heterocycles. The SMILES string of the molecule is C/C(=N\NC(=O)/C(=C\c1ccc(N(C)C)cc1)NC(=O)c1ccccc1)c1cccc([N+](=O)[O-])c1. The van der Waals surface area contributed by atoms with Gasteiger partial charge >= 0.3 is 0 Å². The highest BCUT2D eigenvalue weighted by molar-refractivity contribution is 6.06. The van der Waals surface area contributed by atoms with Crippen molar-refractivity contribution in [3.8, 4) is 0 Å². The summed E-state index contributed by atoms with van der Waals surface area (Å²) in [5.41, 5.74) is 5.27. The summed E-state index contributed by atoms with van der Waals surface area (Å²) in [5, 5.41) is 17.7. The second-order valence-electron chi connectivity index (χ2n) is 7.81. The molecule has 0 bridgehead atoms. The first-order chi connectivity index (χ1) is 16.7. The van der Waals surface area contributed by atoms with Gasteiger partial charge in [-0.3, -0.25) is 19.7 Å². The largest absolute Gasteiger partial charge is 0.378 e. The number of carbonyl (C=O) groups is 2. The third-order valence-electron chi connectivity index (χ3n) is 5.05. The number of nitro groups is 1. The Kier molecular flexibility index (Phi) is 8.07. The highest BCUT2D eigenvalue weighted by Crippen LogP contribution is 2.15. The van der Waals surface area contributed by atoms with Crippen molar-refractivity contribution in [1.29, 1.82) is 0 Å². The predicted molar refractivity (Wildman–Crippen MR) is 136 cm³/mol. The summed E-state index contributed by atoms with van der Waals surface area (Å²) in [7, 11) is 3.84. The van der Waals surface area contributed by atoms with E-state index in [0.717, 1.165) is 5.69 Å². The lowest BCUT2D eigenvalue weighted by Gasteiger charge is -2.13. The minimum Gasteiger partial charge on any atom is -0.378 e. The third-order valence-corrected chi connectivity index (χ3v) is 5.05. The number of nitrogens with one attached hydrogen (secondary N) is 2. The number of nitrogens with zero attached hydrogens (tertiary/aromatic N) is 3. The van der Waals surface area contributed by atoms with Crippen LogP contribution in [0.3, 0.4) is 0 Å². The van der Waals surface area contributed by atoms with Crippen LogP contribution in [0.1, 0.15) is 28.4 Å². The molecule has 3 aromatic carbocycles. The summed E-state index contributed by atoms with van der Waals surface area (Å²) in [4.78, 5) is 38.2. The molecule has 0 radical (unpaired) electrons. The molecule has 0 saturated carbocycles. The zero-order chi connectivity index (χ0) is 25.4. The van der Waals surface area contributed by atoms with E-state index in [1.807, 2.05) is 43.3 Å². The van der Waals surface area contributed by atoms with E-state index < -0.39 is 16.7 Å². The van der Waals surface area contributed by atoms with Gasteiger partial charge in [-0.2, -0.15) is 5.10 Å². The number of hydrazone groups is 1. The molecule has 9 nitrogen and oxygen atoms in total. The van der Waals surface area contributed by atoms with Crippen LogP contribution in [-0.2, 0) is 4.79 Å². The lowest BCUT2D eigenvalue weighted by Crippen LogP contribution is -2.33. The number of nitro benzene ring substituents is 1. The van der Waals surface area contributed by atoms with Crippen molar-refractivity contribution in [3.63, 3.8) is 0 Å². The van der Waals surface area contributed by atoms with E-state index in [2.05, 4.69) is 15.8 Å². The normalized spacial score (nSPS) is 11.5. The molecule has 3 aromatic rings. The average molecular weight is 472 g/mol. The Morgan fingerprint density at radius 3 is 2.23 bits per heavy atom. The van der Waals surface area contributed by atoms with Crippen molar-refractivity contribution in [2.24, 2.45) is 5.10 Å². The first kappa shape index (κ1) is 24.8. The number of benzene rings is 3. The van der Waals surface area contributed by atoms with Gasteiger partial charge in [0.15, 0.2) is 0 Å². The van der Waals surface area contributed by atoms with Gasteiger partial charge in [0.2, 0.25) is 0 Å². The molecule has 0 aliphatic carbocycles. The minimum absolute atomic E-state index is 0.00736. The first-order valence-corrected chi connectivity index (χ1v) is 10.7. The van der Waals surface area contributed by atoms with Crippen molar-refractivity contribution in [3.05, 3.63) is 111 Å². The van der Waals surface area contributed by atoms with Gasteiger partial charge in [-0.15, -0.1) is 0 Å². The second-order valence-corrected chi connectivity index (χ2v) is 7.81. The Balaban J connectivity index is 1.86. The number of hydrogen-bond acceptors (Lipinski definition) is 6. The average Bonchev–Trinajstić information content (AvgIpc) is 2.87. The Labute approximate surface area is 202 Å². The highest BCUT2D eigenvalue weighted by atomic mass is 16.6. The number of non-ortho nitro benzene ring substituents is 1. The quantitative estimate of drug-likeness (QED) is 0.223. The van der Waals surface area contributed by atoms with Crippen LogP contribution in [0.5, 0.6) is 0 Å². The lowest BCUT2D eigenvalue weighted by atomic mass is 10.1. The molecule has 2 N–H and O–H groups in total. The van der Waals surface area contributed by atoms with Crippen LogP contribution in [0.2, 0.25) is 0 Å². The van der Waals surface area contributed by atoms with Gasteiger partial charge in [-0.1, -0.05) is 42.5 Å². The molecule has 0 aromatic heterocycles. The van der Waals surface area contributed by atoms with Gasteiger partial charge in [-0.25, -0.2) is 5.43 Å². The predicted octanol–water partition coefficient (Wildman–Crippen LogP) is 3.97. The molecule has 0 fully saturated rings. The van der Waals surface area contributed by atoms with E-state index in [4.69, 9.17) is 0 Å². The van der Waals surface area contributed by atoms with E-state index in [1.54, 1.807) is 49.4 Å². The maximum absolute atomic E-state index is 13.0. The number of anilines is 1. The maximum Gasteiger partial charge on any atom is 0.287 e. The van der Waals surface area contributed by atoms with Crippen LogP contribution in [0.4, 0.5) is 11.4 Å². The van der Waals surface area contributed by atoms with Crippen molar-refractivity contribution < 1.29 is 14.5 Å². The molecule has 35 heavy (non-hydrogen) atoms. The Morgan fingerprint density at radius 2 is 1.60 bits per heavy atom. The summed E-state index contributed by atoms with van der Waals surface area (Å²) in [6, 6.07) is 21.9. The van der Waals surface area contributed by atoms with Gasteiger partial charge in [0.1, 0.15) is 5.70 Å². The number of amides is 2. The fraction of sp³-hybridized carbons (Fsp3) is 0.115. The van der Waals surface area contributed by atoms with Gasteiger partial charge < -0.3 is 10.2 Å². The van der Waals surface area contributed by atoms with Crippen molar-refractivity contribution in [2.75, 3.05) is 19.0 Å². The van der Waals surface area contributed by atoms with Gasteiger partial charge in [-0.05, 0) is 42.8 Å². The molecule has 2 amide bonds. The van der Waals surface area contributed by atoms with Crippen LogP contribution >= 0.6 is 0 Å². The van der Waals surface area contributed by atoms with E-state index >= 15 is 0 Å². The van der Waals surface area contributed by atoms with Crippen molar-refractivity contribution >= 4 is 35.0 Å². The molecule has 0 aliphatic heterocycles. The van der Waals surface area contributed by atoms with Crippen molar-refractivity contribution in [2.45, 2.75) is 6.92 Å². The summed E-state index contributed by atoms with van der Waals surface area (Å²) in [5.74, 6) is -1.09. The van der Waals surface area contributed by atoms with Gasteiger partial charge in [0.05, 0.1) is 10.6 Å². The molecular weight excluding hydrogens is 446 g/mol. The van der Waals surface area contributed by atoms with Gasteiger partial charge in [0, 0.05) is 43.0 Å². The molecule has 0 unspecified atom stereocenters. The zero-order valence-electron chi connectivity index (χ0n) is 19.6. The smallest absolute Gasteiger partial charge is 0.287 e. The number of carbonyl (C=O) groups excluding carboxylic acids is 2. The van der Waals surface area contributed by atoms with Crippen LogP contribution < -0.4 is 15.6 Å². The van der Waals surface area contributed by atoms with Crippen molar-refractivity contribution in [1.82, 2.24) is 10.7 Å². The third kappa shape index (κ3) is 6.84. The zero-order valence-corrected chi connectivity index (χ0v) is 19.6. The van der Waals surface area contributed by atoms with Crippen LogP contribution in [0.15, 0.2) is 89.7 Å². The standard InChI is InChI=1S/C26H25N5O4/c1-18(21-10-7-11-23(17-21)31(34)35)28-29-26(33)24(27-25(32)20-8-5-4-6-9-20)16-19-12-14-22(15-13-19)30(2)3/h4-17H,1-3H3,(H,27,32)(H,29,33)/b24-16+,28-18+. The first-order valence-electron chi connectivity index (χ1n) is 10.7.